The summed E-state index contributed by atoms with van der Waals surface area (Å²) in [5.41, 5.74) is 6.83. The standard InChI is InChI=1S/C14H23NO3/c1-2-16-13-17-10-6-14(7-11(10)18-13)9-4-3-8(5-9)12(14)15/h8-13H,2-7,15H2,1H3/t8-,9+,10-,11?,12-,13+,14+/m1/s1. The van der Waals surface area contributed by atoms with Crippen LogP contribution in [0.4, 0.5) is 0 Å². The molecule has 2 N–H and O–H groups in total. The summed E-state index contributed by atoms with van der Waals surface area (Å²) < 4.78 is 17.1. The molecule has 4 aliphatic rings. The fourth-order valence-electron chi connectivity index (χ4n) is 5.11. The SMILES string of the molecule is CCO[C@@H]1OC2C[C@@]3(C[C@H]2O1)[C@H]1CC[C@H](C1)[C@H]3N. The van der Waals surface area contributed by atoms with Gasteiger partial charge in [-0.15, -0.1) is 0 Å². The molecule has 0 aromatic rings. The van der Waals surface area contributed by atoms with Crippen molar-refractivity contribution >= 4 is 0 Å². The van der Waals surface area contributed by atoms with Gasteiger partial charge in [0, 0.05) is 12.6 Å². The minimum atomic E-state index is -0.433. The lowest BCUT2D eigenvalue weighted by Crippen LogP contribution is -2.45. The Morgan fingerprint density at radius 3 is 2.50 bits per heavy atom. The van der Waals surface area contributed by atoms with Crippen LogP contribution in [0.2, 0.25) is 0 Å². The lowest BCUT2D eigenvalue weighted by molar-refractivity contribution is -0.247. The maximum atomic E-state index is 6.51. The third-order valence-electron chi connectivity index (χ3n) is 5.91. The number of ether oxygens (including phenoxy) is 3. The maximum absolute atomic E-state index is 6.51. The van der Waals surface area contributed by atoms with Crippen LogP contribution in [0.25, 0.3) is 0 Å². The van der Waals surface area contributed by atoms with E-state index in [0.717, 1.165) is 24.7 Å². The first-order valence-electron chi connectivity index (χ1n) is 7.41. The summed E-state index contributed by atoms with van der Waals surface area (Å²) in [5, 5.41) is 0. The summed E-state index contributed by atoms with van der Waals surface area (Å²) in [4.78, 5) is 0. The van der Waals surface area contributed by atoms with Gasteiger partial charge in [0.15, 0.2) is 0 Å². The predicted octanol–water partition coefficient (Wildman–Crippen LogP) is 1.63. The first-order chi connectivity index (χ1) is 8.73. The average Bonchev–Trinajstić information content (AvgIpc) is 3.02. The fraction of sp³-hybridized carbons (Fsp3) is 1.00. The molecule has 4 heteroatoms. The molecule has 3 aliphatic carbocycles. The van der Waals surface area contributed by atoms with E-state index >= 15 is 0 Å². The van der Waals surface area contributed by atoms with Gasteiger partial charge >= 0.3 is 0 Å². The molecule has 0 aromatic carbocycles. The molecule has 2 bridgehead atoms. The largest absolute Gasteiger partial charge is 0.330 e. The third-order valence-corrected chi connectivity index (χ3v) is 5.91. The van der Waals surface area contributed by atoms with Gasteiger partial charge in [0.25, 0.3) is 6.48 Å². The molecule has 18 heavy (non-hydrogen) atoms. The lowest BCUT2D eigenvalue weighted by atomic mass is 9.69. The highest BCUT2D eigenvalue weighted by molar-refractivity contribution is 5.14. The Bertz CT molecular complexity index is 330. The van der Waals surface area contributed by atoms with Gasteiger partial charge in [-0.2, -0.15) is 0 Å². The van der Waals surface area contributed by atoms with E-state index in [0.29, 0.717) is 18.1 Å². The van der Waals surface area contributed by atoms with Crippen LogP contribution in [-0.4, -0.2) is 31.3 Å². The van der Waals surface area contributed by atoms with Crippen LogP contribution in [0.3, 0.4) is 0 Å². The van der Waals surface area contributed by atoms with Crippen molar-refractivity contribution in [2.24, 2.45) is 23.0 Å². The molecule has 7 atom stereocenters. The van der Waals surface area contributed by atoms with Crippen molar-refractivity contribution in [2.45, 2.75) is 63.8 Å². The first kappa shape index (κ1) is 11.6. The van der Waals surface area contributed by atoms with E-state index in [-0.39, 0.29) is 12.2 Å². The van der Waals surface area contributed by atoms with E-state index in [1.165, 1.54) is 19.3 Å². The van der Waals surface area contributed by atoms with Gasteiger partial charge in [0.1, 0.15) is 0 Å². The second-order valence-electron chi connectivity index (χ2n) is 6.53. The number of rotatable bonds is 2. The zero-order valence-corrected chi connectivity index (χ0v) is 11.0. The van der Waals surface area contributed by atoms with Crippen molar-refractivity contribution < 1.29 is 14.2 Å². The van der Waals surface area contributed by atoms with Gasteiger partial charge < -0.3 is 19.9 Å². The Kier molecular flexibility index (Phi) is 2.54. The first-order valence-corrected chi connectivity index (χ1v) is 7.41. The number of fused-ring (bicyclic) bond motifs is 4. The van der Waals surface area contributed by atoms with Crippen LogP contribution < -0.4 is 5.73 Å². The predicted molar refractivity (Wildman–Crippen MR) is 65.6 cm³/mol. The smallest absolute Gasteiger partial charge is 0.272 e. The van der Waals surface area contributed by atoms with Crippen molar-refractivity contribution in [3.8, 4) is 0 Å². The molecule has 3 saturated carbocycles. The second-order valence-corrected chi connectivity index (χ2v) is 6.53. The molecule has 0 amide bonds. The Morgan fingerprint density at radius 2 is 1.94 bits per heavy atom. The minimum absolute atomic E-state index is 0.215. The fourth-order valence-corrected chi connectivity index (χ4v) is 5.11. The topological polar surface area (TPSA) is 53.7 Å². The van der Waals surface area contributed by atoms with Crippen molar-refractivity contribution in [3.05, 3.63) is 0 Å². The van der Waals surface area contributed by atoms with Crippen LogP contribution in [0.15, 0.2) is 0 Å². The van der Waals surface area contributed by atoms with E-state index in [2.05, 4.69) is 0 Å². The number of nitrogens with two attached hydrogens (primary N) is 1. The zero-order valence-electron chi connectivity index (χ0n) is 11.0. The van der Waals surface area contributed by atoms with Gasteiger partial charge in [0.2, 0.25) is 0 Å². The highest BCUT2D eigenvalue weighted by atomic mass is 16.9. The van der Waals surface area contributed by atoms with Crippen LogP contribution in [0.1, 0.15) is 39.0 Å². The Hall–Kier alpha value is -0.160. The van der Waals surface area contributed by atoms with Crippen LogP contribution in [0, 0.1) is 17.3 Å². The third kappa shape index (κ3) is 1.40. The highest BCUT2D eigenvalue weighted by Crippen LogP contribution is 2.63. The molecule has 0 radical (unpaired) electrons. The molecule has 1 saturated heterocycles. The van der Waals surface area contributed by atoms with Crippen molar-refractivity contribution in [2.75, 3.05) is 6.61 Å². The quantitative estimate of drug-likeness (QED) is 0.812. The van der Waals surface area contributed by atoms with E-state index < -0.39 is 6.48 Å². The molecule has 1 unspecified atom stereocenters. The summed E-state index contributed by atoms with van der Waals surface area (Å²) in [7, 11) is 0. The van der Waals surface area contributed by atoms with E-state index in [1.807, 2.05) is 6.92 Å². The maximum Gasteiger partial charge on any atom is 0.272 e. The minimum Gasteiger partial charge on any atom is -0.330 e. The molecule has 4 rings (SSSR count). The molecular formula is C14H23NO3. The monoisotopic (exact) mass is 253 g/mol. The second kappa shape index (κ2) is 3.92. The average molecular weight is 253 g/mol. The Morgan fingerprint density at radius 1 is 1.22 bits per heavy atom. The summed E-state index contributed by atoms with van der Waals surface area (Å²) in [6.07, 6.45) is 6.65. The summed E-state index contributed by atoms with van der Waals surface area (Å²) in [6, 6.07) is 0.375. The Balaban J connectivity index is 1.50. The van der Waals surface area contributed by atoms with Crippen LogP contribution in [0.5, 0.6) is 0 Å². The van der Waals surface area contributed by atoms with E-state index in [4.69, 9.17) is 19.9 Å². The summed E-state index contributed by atoms with van der Waals surface area (Å²) in [6.45, 7) is 2.17. The van der Waals surface area contributed by atoms with E-state index in [1.54, 1.807) is 0 Å². The van der Waals surface area contributed by atoms with Crippen LogP contribution in [-0.2, 0) is 14.2 Å². The molecular weight excluding hydrogens is 230 g/mol. The summed E-state index contributed by atoms with van der Waals surface area (Å²) in [5.74, 6) is 1.58. The molecule has 1 heterocycles. The van der Waals surface area contributed by atoms with Gasteiger partial charge in [-0.05, 0) is 56.3 Å². The normalized spacial score (nSPS) is 57.7. The number of hydrogen-bond donors (Lipinski definition) is 1. The van der Waals surface area contributed by atoms with Gasteiger partial charge in [0.05, 0.1) is 12.2 Å². The molecule has 102 valence electrons. The molecule has 1 spiro atoms. The van der Waals surface area contributed by atoms with Gasteiger partial charge in [-0.25, -0.2) is 0 Å². The lowest BCUT2D eigenvalue weighted by Gasteiger charge is -2.40. The van der Waals surface area contributed by atoms with Crippen molar-refractivity contribution in [3.63, 3.8) is 0 Å². The van der Waals surface area contributed by atoms with Gasteiger partial charge in [-0.3, -0.25) is 0 Å². The van der Waals surface area contributed by atoms with Crippen molar-refractivity contribution in [1.29, 1.82) is 0 Å². The molecule has 1 aliphatic heterocycles. The van der Waals surface area contributed by atoms with Crippen LogP contribution >= 0.6 is 0 Å². The zero-order chi connectivity index (χ0) is 12.3. The van der Waals surface area contributed by atoms with Gasteiger partial charge in [-0.1, -0.05) is 0 Å². The summed E-state index contributed by atoms with van der Waals surface area (Å²) >= 11 is 0. The molecule has 0 aromatic heterocycles. The Labute approximate surface area is 108 Å². The van der Waals surface area contributed by atoms with E-state index in [9.17, 15) is 0 Å². The molecule has 4 nitrogen and oxygen atoms in total. The number of hydrogen-bond acceptors (Lipinski definition) is 4. The highest BCUT2D eigenvalue weighted by Gasteiger charge is 2.63. The van der Waals surface area contributed by atoms with Crippen molar-refractivity contribution in [1.82, 2.24) is 0 Å². The molecule has 4 fully saturated rings.